The van der Waals surface area contributed by atoms with E-state index in [2.05, 4.69) is 19.2 Å². The Balaban J connectivity index is 2.05. The molecule has 0 saturated heterocycles. The predicted molar refractivity (Wildman–Crippen MR) is 82.2 cm³/mol. The van der Waals surface area contributed by atoms with Crippen LogP contribution in [0, 0.1) is 17.8 Å². The molecule has 1 aliphatic rings. The first-order chi connectivity index (χ1) is 9.88. The molecule has 1 amide bonds. The van der Waals surface area contributed by atoms with Crippen molar-refractivity contribution < 1.29 is 14.7 Å². The van der Waals surface area contributed by atoms with E-state index < -0.39 is 17.8 Å². The Labute approximate surface area is 125 Å². The van der Waals surface area contributed by atoms with Crippen molar-refractivity contribution in [3.63, 3.8) is 0 Å². The summed E-state index contributed by atoms with van der Waals surface area (Å²) >= 11 is 0. The van der Waals surface area contributed by atoms with Gasteiger partial charge in [0, 0.05) is 5.69 Å². The highest BCUT2D eigenvalue weighted by molar-refractivity contribution is 5.95. The van der Waals surface area contributed by atoms with Gasteiger partial charge in [-0.2, -0.15) is 0 Å². The highest BCUT2D eigenvalue weighted by atomic mass is 16.4. The lowest BCUT2D eigenvalue weighted by Crippen LogP contribution is -2.29. The van der Waals surface area contributed by atoms with E-state index in [0.29, 0.717) is 18.8 Å². The van der Waals surface area contributed by atoms with Crippen molar-refractivity contribution >= 4 is 17.6 Å². The molecular formula is C17H23NO3. The number of anilines is 1. The van der Waals surface area contributed by atoms with Gasteiger partial charge in [0.05, 0.1) is 11.8 Å². The van der Waals surface area contributed by atoms with Crippen LogP contribution in [0.25, 0.3) is 0 Å². The van der Waals surface area contributed by atoms with Gasteiger partial charge in [-0.15, -0.1) is 0 Å². The maximum Gasteiger partial charge on any atom is 0.307 e. The average molecular weight is 289 g/mol. The Bertz CT molecular complexity index is 521. The molecule has 1 aromatic carbocycles. The van der Waals surface area contributed by atoms with Crippen molar-refractivity contribution in [1.82, 2.24) is 0 Å². The number of carboxylic acid groups (broad SMARTS) is 1. The standard InChI is InChI=1S/C17H23NO3/c1-10(2)12-4-6-13(7-5-12)18-16(19)14-8-11(3)9-15(14)17(20)21/h4-7,10-11,14-15H,8-9H2,1-3H3,(H,18,19)(H,20,21). The van der Waals surface area contributed by atoms with Gasteiger partial charge in [-0.05, 0) is 42.4 Å². The van der Waals surface area contributed by atoms with Crippen LogP contribution in [-0.2, 0) is 9.59 Å². The minimum absolute atomic E-state index is 0.177. The number of nitrogens with one attached hydrogen (secondary N) is 1. The number of hydrogen-bond donors (Lipinski definition) is 2. The van der Waals surface area contributed by atoms with Crippen LogP contribution in [0.1, 0.15) is 45.1 Å². The molecule has 114 valence electrons. The quantitative estimate of drug-likeness (QED) is 0.891. The number of carboxylic acids is 1. The first-order valence-electron chi connectivity index (χ1n) is 7.52. The molecule has 4 heteroatoms. The van der Waals surface area contributed by atoms with E-state index in [-0.39, 0.29) is 11.8 Å². The molecule has 1 fully saturated rings. The number of carbonyl (C=O) groups is 2. The third kappa shape index (κ3) is 3.63. The second-order valence-electron chi connectivity index (χ2n) is 6.39. The van der Waals surface area contributed by atoms with Gasteiger partial charge < -0.3 is 10.4 Å². The van der Waals surface area contributed by atoms with Gasteiger partial charge >= 0.3 is 5.97 Å². The van der Waals surface area contributed by atoms with Gasteiger partial charge in [0.25, 0.3) is 0 Å². The first kappa shape index (κ1) is 15.5. The maximum absolute atomic E-state index is 12.3. The summed E-state index contributed by atoms with van der Waals surface area (Å²) < 4.78 is 0. The summed E-state index contributed by atoms with van der Waals surface area (Å²) in [5, 5.41) is 12.1. The number of rotatable bonds is 4. The largest absolute Gasteiger partial charge is 0.481 e. The van der Waals surface area contributed by atoms with Crippen LogP contribution in [0.3, 0.4) is 0 Å². The van der Waals surface area contributed by atoms with Gasteiger partial charge in [0.2, 0.25) is 5.91 Å². The van der Waals surface area contributed by atoms with E-state index in [9.17, 15) is 14.7 Å². The summed E-state index contributed by atoms with van der Waals surface area (Å²) in [4.78, 5) is 23.6. The zero-order valence-electron chi connectivity index (χ0n) is 12.8. The number of amides is 1. The van der Waals surface area contributed by atoms with Gasteiger partial charge in [0.1, 0.15) is 0 Å². The van der Waals surface area contributed by atoms with Gasteiger partial charge in [0.15, 0.2) is 0 Å². The zero-order chi connectivity index (χ0) is 15.6. The molecule has 0 radical (unpaired) electrons. The van der Waals surface area contributed by atoms with E-state index in [1.54, 1.807) is 0 Å². The maximum atomic E-state index is 12.3. The molecule has 1 aliphatic carbocycles. The van der Waals surface area contributed by atoms with Crippen molar-refractivity contribution in [2.45, 2.75) is 39.5 Å². The van der Waals surface area contributed by atoms with Crippen molar-refractivity contribution in [2.75, 3.05) is 5.32 Å². The summed E-state index contributed by atoms with van der Waals surface area (Å²) in [5.41, 5.74) is 1.94. The molecule has 1 aromatic rings. The second kappa shape index (κ2) is 6.29. The van der Waals surface area contributed by atoms with Crippen molar-refractivity contribution in [2.24, 2.45) is 17.8 Å². The lowest BCUT2D eigenvalue weighted by Gasteiger charge is -2.16. The molecule has 0 heterocycles. The van der Waals surface area contributed by atoms with Crippen LogP contribution in [0.5, 0.6) is 0 Å². The van der Waals surface area contributed by atoms with Crippen LogP contribution in [0.2, 0.25) is 0 Å². The lowest BCUT2D eigenvalue weighted by molar-refractivity contribution is -0.145. The SMILES string of the molecule is CC1CC(C(=O)O)C(C(=O)Nc2ccc(C(C)C)cc2)C1. The topological polar surface area (TPSA) is 66.4 Å². The van der Waals surface area contributed by atoms with Crippen LogP contribution in [0.4, 0.5) is 5.69 Å². The predicted octanol–water partition coefficient (Wildman–Crippen LogP) is 3.50. The van der Waals surface area contributed by atoms with E-state index in [4.69, 9.17) is 0 Å². The normalized spacial score (nSPS) is 25.0. The number of benzene rings is 1. The molecular weight excluding hydrogens is 266 g/mol. The van der Waals surface area contributed by atoms with E-state index in [0.717, 1.165) is 5.69 Å². The summed E-state index contributed by atoms with van der Waals surface area (Å²) in [5.74, 6) is -1.30. The summed E-state index contributed by atoms with van der Waals surface area (Å²) in [7, 11) is 0. The average Bonchev–Trinajstić information content (AvgIpc) is 2.82. The minimum Gasteiger partial charge on any atom is -0.481 e. The van der Waals surface area contributed by atoms with Crippen LogP contribution < -0.4 is 5.32 Å². The zero-order valence-corrected chi connectivity index (χ0v) is 12.8. The lowest BCUT2D eigenvalue weighted by atomic mass is 9.95. The van der Waals surface area contributed by atoms with E-state index in [1.807, 2.05) is 31.2 Å². The fraction of sp³-hybridized carbons (Fsp3) is 0.529. The van der Waals surface area contributed by atoms with Crippen LogP contribution in [0.15, 0.2) is 24.3 Å². The van der Waals surface area contributed by atoms with Gasteiger partial charge in [-0.3, -0.25) is 9.59 Å². The van der Waals surface area contributed by atoms with Gasteiger partial charge in [-0.1, -0.05) is 32.9 Å². The summed E-state index contributed by atoms with van der Waals surface area (Å²) in [6, 6.07) is 7.74. The van der Waals surface area contributed by atoms with Crippen molar-refractivity contribution in [3.8, 4) is 0 Å². The Morgan fingerprint density at radius 2 is 1.71 bits per heavy atom. The third-order valence-electron chi connectivity index (χ3n) is 4.30. The van der Waals surface area contributed by atoms with Gasteiger partial charge in [-0.25, -0.2) is 0 Å². The molecule has 1 saturated carbocycles. The fourth-order valence-electron chi connectivity index (χ4n) is 3.04. The Morgan fingerprint density at radius 3 is 2.24 bits per heavy atom. The van der Waals surface area contributed by atoms with E-state index in [1.165, 1.54) is 5.56 Å². The molecule has 21 heavy (non-hydrogen) atoms. The number of carbonyl (C=O) groups excluding carboxylic acids is 1. The highest BCUT2D eigenvalue weighted by Gasteiger charge is 2.41. The fourth-order valence-corrected chi connectivity index (χ4v) is 3.04. The van der Waals surface area contributed by atoms with Crippen molar-refractivity contribution in [3.05, 3.63) is 29.8 Å². The second-order valence-corrected chi connectivity index (χ2v) is 6.39. The Kier molecular flexibility index (Phi) is 4.66. The highest BCUT2D eigenvalue weighted by Crippen LogP contribution is 2.37. The summed E-state index contributed by atoms with van der Waals surface area (Å²) in [6.45, 7) is 6.23. The van der Waals surface area contributed by atoms with Crippen molar-refractivity contribution in [1.29, 1.82) is 0 Å². The number of hydrogen-bond acceptors (Lipinski definition) is 2. The first-order valence-corrected chi connectivity index (χ1v) is 7.52. The Morgan fingerprint density at radius 1 is 1.14 bits per heavy atom. The molecule has 4 nitrogen and oxygen atoms in total. The molecule has 2 N–H and O–H groups in total. The molecule has 0 aliphatic heterocycles. The minimum atomic E-state index is -0.866. The molecule has 3 unspecified atom stereocenters. The van der Waals surface area contributed by atoms with Crippen LogP contribution in [-0.4, -0.2) is 17.0 Å². The molecule has 3 atom stereocenters. The molecule has 0 spiro atoms. The Hall–Kier alpha value is -1.84. The molecule has 2 rings (SSSR count). The number of aliphatic carboxylic acids is 1. The summed E-state index contributed by atoms with van der Waals surface area (Å²) in [6.07, 6.45) is 1.23. The third-order valence-corrected chi connectivity index (χ3v) is 4.30. The molecule has 0 aromatic heterocycles. The smallest absolute Gasteiger partial charge is 0.307 e. The van der Waals surface area contributed by atoms with E-state index >= 15 is 0 Å². The monoisotopic (exact) mass is 289 g/mol. The van der Waals surface area contributed by atoms with Crippen LogP contribution >= 0.6 is 0 Å². The molecule has 0 bridgehead atoms.